The fourth-order valence-corrected chi connectivity index (χ4v) is 1.93. The molecule has 0 aliphatic heterocycles. The summed E-state index contributed by atoms with van der Waals surface area (Å²) in [4.78, 5) is 0. The molecule has 0 aliphatic carbocycles. The minimum atomic E-state index is 1.16. The van der Waals surface area contributed by atoms with E-state index in [1.54, 1.807) is 0 Å². The summed E-state index contributed by atoms with van der Waals surface area (Å²) in [5, 5.41) is 0. The second kappa shape index (κ2) is 4.30. The van der Waals surface area contributed by atoms with Crippen molar-refractivity contribution < 1.29 is 0 Å². The van der Waals surface area contributed by atoms with Gasteiger partial charge in [-0.3, -0.25) is 0 Å². The van der Waals surface area contributed by atoms with Crippen LogP contribution in [0.2, 0.25) is 0 Å². The molecule has 0 saturated carbocycles. The second-order valence-corrected chi connectivity index (χ2v) is 3.94. The SMILES string of the molecule is [c]1ccn(-c2cccc(-c3ccccc3)c2)c1. The summed E-state index contributed by atoms with van der Waals surface area (Å²) in [5.41, 5.74) is 3.63. The fraction of sp³-hybridized carbons (Fsp3) is 0. The molecule has 0 spiro atoms. The van der Waals surface area contributed by atoms with Crippen molar-refractivity contribution in [1.82, 2.24) is 4.57 Å². The quantitative estimate of drug-likeness (QED) is 0.614. The van der Waals surface area contributed by atoms with E-state index in [9.17, 15) is 0 Å². The molecule has 0 atom stereocenters. The van der Waals surface area contributed by atoms with Crippen LogP contribution in [0.1, 0.15) is 0 Å². The first kappa shape index (κ1) is 9.91. The van der Waals surface area contributed by atoms with Crippen molar-refractivity contribution in [2.45, 2.75) is 0 Å². The van der Waals surface area contributed by atoms with Gasteiger partial charge in [0.2, 0.25) is 0 Å². The predicted octanol–water partition coefficient (Wildman–Crippen LogP) is 3.94. The number of nitrogens with zero attached hydrogens (tertiary/aromatic N) is 1. The van der Waals surface area contributed by atoms with Gasteiger partial charge in [-0.05, 0) is 29.3 Å². The molecule has 0 N–H and O–H groups in total. The molecule has 1 radical (unpaired) electrons. The molecule has 0 aliphatic rings. The van der Waals surface area contributed by atoms with Crippen molar-refractivity contribution >= 4 is 0 Å². The summed E-state index contributed by atoms with van der Waals surface area (Å²) >= 11 is 0. The molecule has 1 heteroatoms. The number of benzene rings is 2. The molecule has 3 rings (SSSR count). The number of hydrogen-bond acceptors (Lipinski definition) is 0. The molecule has 0 bridgehead atoms. The van der Waals surface area contributed by atoms with Crippen molar-refractivity contribution in [2.75, 3.05) is 0 Å². The average Bonchev–Trinajstić information content (AvgIpc) is 2.94. The van der Waals surface area contributed by atoms with Crippen LogP contribution >= 0.6 is 0 Å². The Balaban J connectivity index is 2.06. The maximum Gasteiger partial charge on any atom is 0.0455 e. The van der Waals surface area contributed by atoms with E-state index >= 15 is 0 Å². The van der Waals surface area contributed by atoms with Gasteiger partial charge < -0.3 is 4.57 Å². The third kappa shape index (κ3) is 2.00. The number of hydrogen-bond donors (Lipinski definition) is 0. The molecule has 0 saturated heterocycles. The monoisotopic (exact) mass is 218 g/mol. The highest BCUT2D eigenvalue weighted by atomic mass is 14.9. The standard InChI is InChI=1S/C16H12N/c1-2-7-14(8-3-1)15-9-6-10-16(13-15)17-11-4-5-12-17/h1-4,6-13H. The molecule has 0 unspecified atom stereocenters. The van der Waals surface area contributed by atoms with Crippen molar-refractivity contribution in [3.63, 3.8) is 0 Å². The van der Waals surface area contributed by atoms with E-state index < -0.39 is 0 Å². The molecule has 81 valence electrons. The second-order valence-electron chi connectivity index (χ2n) is 3.94. The van der Waals surface area contributed by atoms with Gasteiger partial charge in [-0.25, -0.2) is 0 Å². The topological polar surface area (TPSA) is 4.93 Å². The molecule has 1 nitrogen and oxygen atoms in total. The van der Waals surface area contributed by atoms with E-state index in [4.69, 9.17) is 0 Å². The van der Waals surface area contributed by atoms with Crippen LogP contribution in [-0.2, 0) is 0 Å². The molecule has 1 aromatic heterocycles. The molecular weight excluding hydrogens is 206 g/mol. The van der Waals surface area contributed by atoms with Crippen LogP contribution in [0, 0.1) is 6.07 Å². The zero-order valence-electron chi connectivity index (χ0n) is 9.38. The van der Waals surface area contributed by atoms with Crippen LogP contribution in [0.4, 0.5) is 0 Å². The molecular formula is C16H12N. The minimum absolute atomic E-state index is 1.16. The van der Waals surface area contributed by atoms with Crippen molar-refractivity contribution in [3.8, 4) is 16.8 Å². The van der Waals surface area contributed by atoms with Crippen LogP contribution in [0.3, 0.4) is 0 Å². The first-order valence-corrected chi connectivity index (χ1v) is 5.63. The lowest BCUT2D eigenvalue weighted by Gasteiger charge is -2.06. The van der Waals surface area contributed by atoms with E-state index in [2.05, 4.69) is 59.2 Å². The molecule has 1 heterocycles. The summed E-state index contributed by atoms with van der Waals surface area (Å²) in [5.74, 6) is 0. The highest BCUT2D eigenvalue weighted by Gasteiger charge is 1.99. The van der Waals surface area contributed by atoms with E-state index in [1.807, 2.05) is 24.5 Å². The van der Waals surface area contributed by atoms with Gasteiger partial charge in [0, 0.05) is 24.1 Å². The highest BCUT2D eigenvalue weighted by molar-refractivity contribution is 5.65. The zero-order chi connectivity index (χ0) is 11.5. The Bertz CT molecular complexity index is 594. The summed E-state index contributed by atoms with van der Waals surface area (Å²) < 4.78 is 2.06. The largest absolute Gasteiger partial charge is 0.323 e. The minimum Gasteiger partial charge on any atom is -0.323 e. The highest BCUT2D eigenvalue weighted by Crippen LogP contribution is 2.21. The Morgan fingerprint density at radius 3 is 2.41 bits per heavy atom. The Labute approximate surface area is 101 Å². The van der Waals surface area contributed by atoms with Gasteiger partial charge in [-0.15, -0.1) is 0 Å². The lowest BCUT2D eigenvalue weighted by Crippen LogP contribution is -1.89. The molecule has 2 aromatic carbocycles. The van der Waals surface area contributed by atoms with Crippen LogP contribution in [0.15, 0.2) is 73.1 Å². The summed E-state index contributed by atoms with van der Waals surface area (Å²) in [6, 6.07) is 23.9. The van der Waals surface area contributed by atoms with Crippen LogP contribution in [0.25, 0.3) is 16.8 Å². The van der Waals surface area contributed by atoms with Gasteiger partial charge in [-0.2, -0.15) is 0 Å². The summed E-state index contributed by atoms with van der Waals surface area (Å²) in [7, 11) is 0. The number of rotatable bonds is 2. The van der Waals surface area contributed by atoms with Gasteiger partial charge in [0.1, 0.15) is 0 Å². The molecule has 17 heavy (non-hydrogen) atoms. The van der Waals surface area contributed by atoms with E-state index in [-0.39, 0.29) is 0 Å². The Hall–Kier alpha value is -2.28. The Kier molecular flexibility index (Phi) is 2.51. The molecule has 0 fully saturated rings. The van der Waals surface area contributed by atoms with Crippen LogP contribution in [-0.4, -0.2) is 4.57 Å². The first-order valence-electron chi connectivity index (χ1n) is 5.63. The van der Waals surface area contributed by atoms with Gasteiger partial charge in [0.25, 0.3) is 0 Å². The maximum absolute atomic E-state index is 3.05. The average molecular weight is 218 g/mol. The van der Waals surface area contributed by atoms with Gasteiger partial charge >= 0.3 is 0 Å². The first-order chi connectivity index (χ1) is 8.43. The van der Waals surface area contributed by atoms with Crippen molar-refractivity contribution in [1.29, 1.82) is 0 Å². The van der Waals surface area contributed by atoms with Crippen molar-refractivity contribution in [2.24, 2.45) is 0 Å². The zero-order valence-corrected chi connectivity index (χ0v) is 9.38. The van der Waals surface area contributed by atoms with Gasteiger partial charge in [0.15, 0.2) is 0 Å². The number of aromatic nitrogens is 1. The maximum atomic E-state index is 3.05. The van der Waals surface area contributed by atoms with Crippen LogP contribution < -0.4 is 0 Å². The third-order valence-electron chi connectivity index (χ3n) is 2.80. The van der Waals surface area contributed by atoms with Crippen molar-refractivity contribution in [3.05, 3.63) is 79.1 Å². The lowest BCUT2D eigenvalue weighted by molar-refractivity contribution is 1.08. The lowest BCUT2D eigenvalue weighted by atomic mass is 10.1. The normalized spacial score (nSPS) is 10.4. The summed E-state index contributed by atoms with van der Waals surface area (Å²) in [6.07, 6.45) is 3.94. The molecule has 3 aromatic rings. The van der Waals surface area contributed by atoms with E-state index in [0.29, 0.717) is 0 Å². The van der Waals surface area contributed by atoms with Gasteiger partial charge in [-0.1, -0.05) is 42.5 Å². The third-order valence-corrected chi connectivity index (χ3v) is 2.80. The smallest absolute Gasteiger partial charge is 0.0455 e. The Morgan fingerprint density at radius 2 is 1.65 bits per heavy atom. The van der Waals surface area contributed by atoms with E-state index in [0.717, 1.165) is 5.69 Å². The fourth-order valence-electron chi connectivity index (χ4n) is 1.93. The molecule has 0 amide bonds. The Morgan fingerprint density at radius 1 is 0.824 bits per heavy atom. The predicted molar refractivity (Wildman–Crippen MR) is 70.0 cm³/mol. The summed E-state index contributed by atoms with van der Waals surface area (Å²) in [6.45, 7) is 0. The van der Waals surface area contributed by atoms with Crippen LogP contribution in [0.5, 0.6) is 0 Å². The van der Waals surface area contributed by atoms with Gasteiger partial charge in [0.05, 0.1) is 0 Å². The van der Waals surface area contributed by atoms with E-state index in [1.165, 1.54) is 11.1 Å².